The minimum Gasteiger partial charge on any atom is -0.382 e. The van der Waals surface area contributed by atoms with Crippen LogP contribution < -0.4 is 5.32 Å². The summed E-state index contributed by atoms with van der Waals surface area (Å²) in [6.07, 6.45) is 0.692. The van der Waals surface area contributed by atoms with Gasteiger partial charge in [-0.25, -0.2) is 4.39 Å². The molecule has 2 aromatic rings. The smallest absolute Gasteiger partial charge is 0.247 e. The molecule has 0 spiro atoms. The third-order valence-electron chi connectivity index (χ3n) is 4.69. The van der Waals surface area contributed by atoms with Crippen LogP contribution in [0.25, 0.3) is 0 Å². The van der Waals surface area contributed by atoms with E-state index in [0.29, 0.717) is 26.2 Å². The highest BCUT2D eigenvalue weighted by Crippen LogP contribution is 2.25. The van der Waals surface area contributed by atoms with Gasteiger partial charge in [0, 0.05) is 32.2 Å². The Balaban J connectivity index is 2.30. The number of nitrogens with zero attached hydrogens (tertiary/aromatic N) is 1. The van der Waals surface area contributed by atoms with Crippen LogP contribution in [0, 0.1) is 11.7 Å². The Morgan fingerprint density at radius 1 is 1.07 bits per heavy atom. The molecule has 2 rings (SSSR count). The van der Waals surface area contributed by atoms with Crippen molar-refractivity contribution in [1.82, 2.24) is 10.2 Å². The highest BCUT2D eigenvalue weighted by Gasteiger charge is 2.32. The average Bonchev–Trinajstić information content (AvgIpc) is 2.74. The van der Waals surface area contributed by atoms with E-state index >= 15 is 0 Å². The van der Waals surface area contributed by atoms with Gasteiger partial charge in [-0.3, -0.25) is 9.59 Å². The molecule has 0 unspecified atom stereocenters. The Morgan fingerprint density at radius 3 is 2.33 bits per heavy atom. The van der Waals surface area contributed by atoms with Gasteiger partial charge in [-0.05, 0) is 36.6 Å². The number of hydrogen-bond acceptors (Lipinski definition) is 3. The first kappa shape index (κ1) is 23.5. The molecule has 0 fully saturated rings. The second kappa shape index (κ2) is 12.1. The first-order valence-electron chi connectivity index (χ1n) is 10.4. The van der Waals surface area contributed by atoms with Gasteiger partial charge >= 0.3 is 0 Å². The van der Waals surface area contributed by atoms with E-state index in [2.05, 4.69) is 5.32 Å². The van der Waals surface area contributed by atoms with Crippen LogP contribution in [-0.4, -0.2) is 36.5 Å². The largest absolute Gasteiger partial charge is 0.382 e. The lowest BCUT2D eigenvalue weighted by Gasteiger charge is -2.33. The number of nitrogens with one attached hydrogen (secondary N) is 1. The van der Waals surface area contributed by atoms with Gasteiger partial charge in [0.2, 0.25) is 11.8 Å². The number of carbonyl (C=O) groups is 2. The molecule has 1 N–H and O–H groups in total. The second-order valence-corrected chi connectivity index (χ2v) is 7.40. The highest BCUT2D eigenvalue weighted by atomic mass is 19.1. The zero-order chi connectivity index (χ0) is 21.9. The van der Waals surface area contributed by atoms with Gasteiger partial charge in [0.1, 0.15) is 11.9 Å². The Kier molecular flexibility index (Phi) is 9.48. The summed E-state index contributed by atoms with van der Waals surface area (Å²) in [7, 11) is 0. The van der Waals surface area contributed by atoms with Gasteiger partial charge in [-0.1, -0.05) is 56.3 Å². The fourth-order valence-electron chi connectivity index (χ4n) is 3.15. The van der Waals surface area contributed by atoms with Gasteiger partial charge in [0.25, 0.3) is 0 Å². The first-order valence-corrected chi connectivity index (χ1v) is 10.4. The molecule has 0 radical (unpaired) electrons. The second-order valence-electron chi connectivity index (χ2n) is 7.40. The summed E-state index contributed by atoms with van der Waals surface area (Å²) in [6.45, 7) is 7.41. The van der Waals surface area contributed by atoms with Crippen molar-refractivity contribution >= 4 is 11.8 Å². The van der Waals surface area contributed by atoms with Gasteiger partial charge < -0.3 is 15.0 Å². The van der Waals surface area contributed by atoms with E-state index in [1.165, 1.54) is 12.1 Å². The predicted octanol–water partition coefficient (Wildman–Crippen LogP) is 4.09. The molecule has 5 nitrogen and oxygen atoms in total. The predicted molar refractivity (Wildman–Crippen MR) is 115 cm³/mol. The fourth-order valence-corrected chi connectivity index (χ4v) is 3.15. The highest BCUT2D eigenvalue weighted by molar-refractivity contribution is 5.89. The summed E-state index contributed by atoms with van der Waals surface area (Å²) in [4.78, 5) is 27.9. The van der Waals surface area contributed by atoms with Crippen LogP contribution in [0.5, 0.6) is 0 Å². The zero-order valence-corrected chi connectivity index (χ0v) is 17.9. The van der Waals surface area contributed by atoms with Crippen molar-refractivity contribution in [3.05, 3.63) is 71.5 Å². The van der Waals surface area contributed by atoms with Crippen LogP contribution in [0.3, 0.4) is 0 Å². The van der Waals surface area contributed by atoms with Crippen molar-refractivity contribution in [3.63, 3.8) is 0 Å². The van der Waals surface area contributed by atoms with E-state index in [1.807, 2.05) is 51.1 Å². The number of benzene rings is 2. The van der Waals surface area contributed by atoms with E-state index in [4.69, 9.17) is 4.74 Å². The van der Waals surface area contributed by atoms with E-state index < -0.39 is 6.04 Å². The number of amides is 2. The molecule has 2 aromatic carbocycles. The maximum atomic E-state index is 13.3. The molecule has 0 aromatic heterocycles. The molecular weight excluding hydrogens is 383 g/mol. The summed E-state index contributed by atoms with van der Waals surface area (Å²) < 4.78 is 18.7. The number of rotatable bonds is 11. The molecular formula is C24H31FN2O3. The van der Waals surface area contributed by atoms with Crippen molar-refractivity contribution in [2.24, 2.45) is 5.92 Å². The molecule has 6 heteroatoms. The summed E-state index contributed by atoms with van der Waals surface area (Å²) in [6, 6.07) is 14.5. The van der Waals surface area contributed by atoms with Crippen molar-refractivity contribution in [2.45, 2.75) is 39.8 Å². The number of ether oxygens (including phenoxy) is 1. The van der Waals surface area contributed by atoms with E-state index in [-0.39, 0.29) is 30.1 Å². The fraction of sp³-hybridized carbons (Fsp3) is 0.417. The number of hydrogen-bond donors (Lipinski definition) is 1. The molecule has 162 valence electrons. The van der Waals surface area contributed by atoms with Gasteiger partial charge in [0.15, 0.2) is 0 Å². The number of halogens is 1. The van der Waals surface area contributed by atoms with E-state index in [0.717, 1.165) is 11.1 Å². The molecule has 30 heavy (non-hydrogen) atoms. The third-order valence-corrected chi connectivity index (χ3v) is 4.69. The van der Waals surface area contributed by atoms with Crippen molar-refractivity contribution in [2.75, 3.05) is 19.8 Å². The number of carbonyl (C=O) groups excluding carboxylic acids is 2. The maximum Gasteiger partial charge on any atom is 0.247 e. The lowest BCUT2D eigenvalue weighted by molar-refractivity contribution is -0.144. The zero-order valence-electron chi connectivity index (χ0n) is 17.9. The van der Waals surface area contributed by atoms with Crippen LogP contribution in [0.4, 0.5) is 4.39 Å². The van der Waals surface area contributed by atoms with Crippen LogP contribution >= 0.6 is 0 Å². The normalized spacial score (nSPS) is 11.9. The average molecular weight is 415 g/mol. The SMILES string of the molecule is CCOCCCNC(=O)[C@H](c1ccccc1)N(Cc1ccc(F)cc1)C(=O)C(C)C. The summed E-state index contributed by atoms with van der Waals surface area (Å²) in [5.41, 5.74) is 1.49. The van der Waals surface area contributed by atoms with Crippen LogP contribution in [0.15, 0.2) is 54.6 Å². The molecule has 1 atom stereocenters. The van der Waals surface area contributed by atoms with Crippen molar-refractivity contribution in [1.29, 1.82) is 0 Å². The quantitative estimate of drug-likeness (QED) is 0.564. The van der Waals surface area contributed by atoms with Crippen LogP contribution in [0.1, 0.15) is 44.4 Å². The van der Waals surface area contributed by atoms with Crippen molar-refractivity contribution in [3.8, 4) is 0 Å². The Bertz CT molecular complexity index is 794. The molecule has 0 saturated carbocycles. The Morgan fingerprint density at radius 2 is 1.73 bits per heavy atom. The summed E-state index contributed by atoms with van der Waals surface area (Å²) >= 11 is 0. The maximum absolute atomic E-state index is 13.3. The molecule has 0 aliphatic carbocycles. The Labute approximate surface area is 178 Å². The first-order chi connectivity index (χ1) is 14.4. The minimum atomic E-state index is -0.779. The Hall–Kier alpha value is -2.73. The van der Waals surface area contributed by atoms with Crippen molar-refractivity contribution < 1.29 is 18.7 Å². The lowest BCUT2D eigenvalue weighted by Crippen LogP contribution is -2.45. The van der Waals surface area contributed by atoms with E-state index in [9.17, 15) is 14.0 Å². The summed E-state index contributed by atoms with van der Waals surface area (Å²) in [5, 5.41) is 2.94. The minimum absolute atomic E-state index is 0.141. The monoisotopic (exact) mass is 414 g/mol. The van der Waals surface area contributed by atoms with Gasteiger partial charge in [0.05, 0.1) is 0 Å². The van der Waals surface area contributed by atoms with Crippen LogP contribution in [-0.2, 0) is 20.9 Å². The lowest BCUT2D eigenvalue weighted by atomic mass is 10.0. The van der Waals surface area contributed by atoms with E-state index in [1.54, 1.807) is 17.0 Å². The molecule has 2 amide bonds. The molecule has 0 aliphatic rings. The molecule has 0 bridgehead atoms. The topological polar surface area (TPSA) is 58.6 Å². The third kappa shape index (κ3) is 6.95. The van der Waals surface area contributed by atoms with Gasteiger partial charge in [-0.2, -0.15) is 0 Å². The summed E-state index contributed by atoms with van der Waals surface area (Å²) in [5.74, 6) is -1.01. The molecule has 0 aliphatic heterocycles. The molecule has 0 saturated heterocycles. The van der Waals surface area contributed by atoms with Crippen LogP contribution in [0.2, 0.25) is 0 Å². The van der Waals surface area contributed by atoms with Gasteiger partial charge in [-0.15, -0.1) is 0 Å². The standard InChI is InChI=1S/C24H31FN2O3/c1-4-30-16-8-15-26-23(28)22(20-9-6-5-7-10-20)27(24(29)18(2)3)17-19-11-13-21(25)14-12-19/h5-7,9-14,18,22H,4,8,15-17H2,1-3H3,(H,26,28)/t22-/m0/s1. The molecule has 0 heterocycles.